The SMILES string of the molecule is Cc1ccc(CNCCOCC(F)(F)F)cc1C. The highest BCUT2D eigenvalue weighted by molar-refractivity contribution is 5.29. The minimum atomic E-state index is -4.24. The second-order valence-corrected chi connectivity index (χ2v) is 4.26. The van der Waals surface area contributed by atoms with E-state index in [0.717, 1.165) is 5.56 Å². The fourth-order valence-electron chi connectivity index (χ4n) is 1.48. The first-order chi connectivity index (χ1) is 8.38. The molecule has 1 aromatic carbocycles. The zero-order chi connectivity index (χ0) is 13.6. The zero-order valence-electron chi connectivity index (χ0n) is 10.6. The number of aryl methyl sites for hydroxylation is 2. The van der Waals surface area contributed by atoms with Gasteiger partial charge in [-0.3, -0.25) is 0 Å². The van der Waals surface area contributed by atoms with E-state index in [-0.39, 0.29) is 6.61 Å². The van der Waals surface area contributed by atoms with Gasteiger partial charge >= 0.3 is 6.18 Å². The zero-order valence-corrected chi connectivity index (χ0v) is 10.6. The first kappa shape index (κ1) is 15.0. The molecule has 1 rings (SSSR count). The van der Waals surface area contributed by atoms with Crippen molar-refractivity contribution in [3.8, 4) is 0 Å². The van der Waals surface area contributed by atoms with Crippen LogP contribution in [-0.2, 0) is 11.3 Å². The molecule has 102 valence electrons. The summed E-state index contributed by atoms with van der Waals surface area (Å²) < 4.78 is 39.8. The number of ether oxygens (including phenoxy) is 1. The van der Waals surface area contributed by atoms with E-state index in [1.165, 1.54) is 11.1 Å². The van der Waals surface area contributed by atoms with Crippen LogP contribution in [0.4, 0.5) is 13.2 Å². The van der Waals surface area contributed by atoms with Gasteiger partial charge in [-0.2, -0.15) is 13.2 Å². The average molecular weight is 261 g/mol. The van der Waals surface area contributed by atoms with Crippen LogP contribution >= 0.6 is 0 Å². The summed E-state index contributed by atoms with van der Waals surface area (Å²) in [6.45, 7) is 3.99. The molecular weight excluding hydrogens is 243 g/mol. The Hall–Kier alpha value is -1.07. The lowest BCUT2D eigenvalue weighted by Gasteiger charge is -2.09. The Labute approximate surface area is 105 Å². The largest absolute Gasteiger partial charge is 0.411 e. The Balaban J connectivity index is 2.16. The van der Waals surface area contributed by atoms with Crippen molar-refractivity contribution in [1.29, 1.82) is 0 Å². The fourth-order valence-corrected chi connectivity index (χ4v) is 1.48. The van der Waals surface area contributed by atoms with Crippen LogP contribution in [-0.4, -0.2) is 25.9 Å². The van der Waals surface area contributed by atoms with Crippen molar-refractivity contribution in [3.05, 3.63) is 34.9 Å². The number of halogens is 3. The summed E-state index contributed by atoms with van der Waals surface area (Å²) >= 11 is 0. The van der Waals surface area contributed by atoms with Gasteiger partial charge in [-0.1, -0.05) is 18.2 Å². The molecule has 0 radical (unpaired) electrons. The maximum Gasteiger partial charge on any atom is 0.411 e. The van der Waals surface area contributed by atoms with Gasteiger partial charge in [0.05, 0.1) is 6.61 Å². The molecule has 2 nitrogen and oxygen atoms in total. The summed E-state index contributed by atoms with van der Waals surface area (Å²) in [6, 6.07) is 6.11. The third-order valence-corrected chi connectivity index (χ3v) is 2.59. The highest BCUT2D eigenvalue weighted by Gasteiger charge is 2.27. The lowest BCUT2D eigenvalue weighted by molar-refractivity contribution is -0.173. The van der Waals surface area contributed by atoms with Crippen LogP contribution in [0.1, 0.15) is 16.7 Å². The first-order valence-electron chi connectivity index (χ1n) is 5.80. The van der Waals surface area contributed by atoms with Gasteiger partial charge < -0.3 is 10.1 Å². The Morgan fingerprint density at radius 1 is 1.17 bits per heavy atom. The van der Waals surface area contributed by atoms with Crippen LogP contribution in [0.15, 0.2) is 18.2 Å². The fraction of sp³-hybridized carbons (Fsp3) is 0.538. The standard InChI is InChI=1S/C13H18F3NO/c1-10-3-4-12(7-11(10)2)8-17-5-6-18-9-13(14,15)16/h3-4,7,17H,5-6,8-9H2,1-2H3. The van der Waals surface area contributed by atoms with E-state index in [9.17, 15) is 13.2 Å². The average Bonchev–Trinajstić information content (AvgIpc) is 2.26. The predicted octanol–water partition coefficient (Wildman–Crippen LogP) is 2.97. The molecule has 0 aliphatic rings. The number of nitrogens with one attached hydrogen (secondary N) is 1. The molecule has 5 heteroatoms. The molecule has 1 N–H and O–H groups in total. The van der Waals surface area contributed by atoms with E-state index < -0.39 is 12.8 Å². The van der Waals surface area contributed by atoms with Gasteiger partial charge in [-0.05, 0) is 30.5 Å². The Kier molecular flexibility index (Phi) is 5.62. The van der Waals surface area contributed by atoms with Gasteiger partial charge in [-0.25, -0.2) is 0 Å². The quantitative estimate of drug-likeness (QED) is 0.795. The summed E-state index contributed by atoms with van der Waals surface area (Å²) in [4.78, 5) is 0. The number of hydrogen-bond donors (Lipinski definition) is 1. The van der Waals surface area contributed by atoms with E-state index in [1.54, 1.807) is 0 Å². The molecule has 0 fully saturated rings. The molecule has 0 heterocycles. The van der Waals surface area contributed by atoms with Gasteiger partial charge in [0, 0.05) is 13.1 Å². The molecule has 0 aromatic heterocycles. The van der Waals surface area contributed by atoms with Gasteiger partial charge in [0.1, 0.15) is 6.61 Å². The highest BCUT2D eigenvalue weighted by Crippen LogP contribution is 2.14. The smallest absolute Gasteiger partial charge is 0.371 e. The van der Waals surface area contributed by atoms with Crippen molar-refractivity contribution in [3.63, 3.8) is 0 Å². The van der Waals surface area contributed by atoms with Crippen molar-refractivity contribution in [2.24, 2.45) is 0 Å². The van der Waals surface area contributed by atoms with Crippen LogP contribution < -0.4 is 5.32 Å². The van der Waals surface area contributed by atoms with Crippen LogP contribution in [0.25, 0.3) is 0 Å². The molecule has 0 amide bonds. The molecule has 0 saturated heterocycles. The topological polar surface area (TPSA) is 21.3 Å². The predicted molar refractivity (Wildman–Crippen MR) is 64.5 cm³/mol. The second-order valence-electron chi connectivity index (χ2n) is 4.26. The molecule has 0 atom stereocenters. The molecule has 0 bridgehead atoms. The Bertz CT molecular complexity index is 377. The van der Waals surface area contributed by atoms with E-state index in [0.29, 0.717) is 13.1 Å². The molecule has 1 aromatic rings. The number of hydrogen-bond acceptors (Lipinski definition) is 2. The Morgan fingerprint density at radius 3 is 2.50 bits per heavy atom. The Morgan fingerprint density at radius 2 is 1.89 bits per heavy atom. The summed E-state index contributed by atoms with van der Waals surface area (Å²) in [5.74, 6) is 0. The van der Waals surface area contributed by atoms with Gasteiger partial charge in [0.2, 0.25) is 0 Å². The molecule has 0 saturated carbocycles. The highest BCUT2D eigenvalue weighted by atomic mass is 19.4. The van der Waals surface area contributed by atoms with Crippen molar-refractivity contribution in [2.45, 2.75) is 26.6 Å². The monoisotopic (exact) mass is 261 g/mol. The van der Waals surface area contributed by atoms with Crippen LogP contribution in [0.3, 0.4) is 0 Å². The van der Waals surface area contributed by atoms with Gasteiger partial charge in [-0.15, -0.1) is 0 Å². The third-order valence-electron chi connectivity index (χ3n) is 2.59. The van der Waals surface area contributed by atoms with E-state index in [4.69, 9.17) is 0 Å². The second kappa shape index (κ2) is 6.75. The molecule has 0 unspecified atom stereocenters. The summed E-state index contributed by atoms with van der Waals surface area (Å²) in [5.41, 5.74) is 3.56. The van der Waals surface area contributed by atoms with Crippen molar-refractivity contribution in [1.82, 2.24) is 5.32 Å². The van der Waals surface area contributed by atoms with E-state index >= 15 is 0 Å². The minimum Gasteiger partial charge on any atom is -0.371 e. The maximum absolute atomic E-state index is 11.8. The van der Waals surface area contributed by atoms with Crippen molar-refractivity contribution >= 4 is 0 Å². The summed E-state index contributed by atoms with van der Waals surface area (Å²) in [6.07, 6.45) is -4.24. The number of benzene rings is 1. The van der Waals surface area contributed by atoms with E-state index in [1.807, 2.05) is 26.0 Å². The molecule has 0 spiro atoms. The van der Waals surface area contributed by atoms with Crippen molar-refractivity contribution < 1.29 is 17.9 Å². The summed E-state index contributed by atoms with van der Waals surface area (Å²) in [5, 5.41) is 3.04. The molecule has 18 heavy (non-hydrogen) atoms. The minimum absolute atomic E-state index is 0.0599. The first-order valence-corrected chi connectivity index (χ1v) is 5.80. The van der Waals surface area contributed by atoms with Crippen LogP contribution in [0.5, 0.6) is 0 Å². The molecule has 0 aliphatic carbocycles. The summed E-state index contributed by atoms with van der Waals surface area (Å²) in [7, 11) is 0. The normalized spacial score (nSPS) is 11.8. The number of alkyl halides is 3. The lowest BCUT2D eigenvalue weighted by atomic mass is 10.1. The maximum atomic E-state index is 11.8. The number of rotatable bonds is 6. The third kappa shape index (κ3) is 6.02. The van der Waals surface area contributed by atoms with Crippen molar-refractivity contribution in [2.75, 3.05) is 19.8 Å². The van der Waals surface area contributed by atoms with Crippen LogP contribution in [0, 0.1) is 13.8 Å². The lowest BCUT2D eigenvalue weighted by Crippen LogP contribution is -2.23. The van der Waals surface area contributed by atoms with Crippen LogP contribution in [0.2, 0.25) is 0 Å². The van der Waals surface area contributed by atoms with Gasteiger partial charge in [0.25, 0.3) is 0 Å². The van der Waals surface area contributed by atoms with E-state index in [2.05, 4.69) is 16.1 Å². The van der Waals surface area contributed by atoms with Gasteiger partial charge in [0.15, 0.2) is 0 Å². The molecular formula is C13H18F3NO. The molecule has 0 aliphatic heterocycles.